The summed E-state index contributed by atoms with van der Waals surface area (Å²) in [4.78, 5) is 12.9. The summed E-state index contributed by atoms with van der Waals surface area (Å²) in [5.74, 6) is 0.446. The summed E-state index contributed by atoms with van der Waals surface area (Å²) >= 11 is 4.96. The highest BCUT2D eigenvalue weighted by Gasteiger charge is 2.08. The lowest BCUT2D eigenvalue weighted by atomic mass is 10.3. The van der Waals surface area contributed by atoms with Gasteiger partial charge in [0, 0.05) is 21.3 Å². The van der Waals surface area contributed by atoms with Gasteiger partial charge in [0.05, 0.1) is 6.54 Å². The van der Waals surface area contributed by atoms with Crippen LogP contribution in [0, 0.1) is 0 Å². The summed E-state index contributed by atoms with van der Waals surface area (Å²) in [6.45, 7) is 3.24. The van der Waals surface area contributed by atoms with Gasteiger partial charge in [-0.15, -0.1) is 21.5 Å². The van der Waals surface area contributed by atoms with Crippen LogP contribution < -0.4 is 10.6 Å². The standard InChI is InChI=1S/C12H13BrN4OS/c1-2-14-11-4-3-10(16-17-11)12(18)15-6-9-5-8(13)7-19-9/h3-5,7H,2,6H2,1H3,(H,14,17)(H,15,18). The molecule has 19 heavy (non-hydrogen) atoms. The average molecular weight is 341 g/mol. The van der Waals surface area contributed by atoms with Crippen LogP contribution in [0.25, 0.3) is 0 Å². The molecular formula is C12H13BrN4OS. The number of hydrogen-bond donors (Lipinski definition) is 2. The van der Waals surface area contributed by atoms with Crippen LogP contribution in [0.3, 0.4) is 0 Å². The fourth-order valence-corrected chi connectivity index (χ4v) is 2.82. The van der Waals surface area contributed by atoms with E-state index in [0.29, 0.717) is 18.1 Å². The minimum absolute atomic E-state index is 0.222. The molecule has 0 radical (unpaired) electrons. The topological polar surface area (TPSA) is 66.9 Å². The van der Waals surface area contributed by atoms with Gasteiger partial charge in [-0.1, -0.05) is 0 Å². The third kappa shape index (κ3) is 4.00. The predicted octanol–water partition coefficient (Wildman–Crippen LogP) is 2.66. The third-order valence-electron chi connectivity index (χ3n) is 2.30. The number of anilines is 1. The van der Waals surface area contributed by atoms with Gasteiger partial charge in [0.1, 0.15) is 5.82 Å². The molecule has 2 N–H and O–H groups in total. The van der Waals surface area contributed by atoms with Crippen LogP contribution in [0.2, 0.25) is 0 Å². The van der Waals surface area contributed by atoms with Crippen molar-refractivity contribution in [2.45, 2.75) is 13.5 Å². The van der Waals surface area contributed by atoms with Gasteiger partial charge in [-0.2, -0.15) is 0 Å². The van der Waals surface area contributed by atoms with E-state index < -0.39 is 0 Å². The molecule has 0 fully saturated rings. The summed E-state index contributed by atoms with van der Waals surface area (Å²) in [6.07, 6.45) is 0. The van der Waals surface area contributed by atoms with Crippen LogP contribution in [-0.4, -0.2) is 22.6 Å². The number of hydrogen-bond acceptors (Lipinski definition) is 5. The van der Waals surface area contributed by atoms with Crippen molar-refractivity contribution in [3.63, 3.8) is 0 Å². The molecule has 0 spiro atoms. The largest absolute Gasteiger partial charge is 0.369 e. The van der Waals surface area contributed by atoms with Crippen LogP contribution in [0.15, 0.2) is 28.1 Å². The Balaban J connectivity index is 1.92. The first-order chi connectivity index (χ1) is 9.19. The zero-order valence-corrected chi connectivity index (χ0v) is 12.7. The lowest BCUT2D eigenvalue weighted by Gasteiger charge is -2.04. The van der Waals surface area contributed by atoms with Gasteiger partial charge in [-0.05, 0) is 41.1 Å². The Hall–Kier alpha value is -1.47. The minimum Gasteiger partial charge on any atom is -0.369 e. The van der Waals surface area contributed by atoms with Crippen molar-refractivity contribution in [1.29, 1.82) is 0 Å². The molecule has 2 aromatic heterocycles. The molecule has 7 heteroatoms. The van der Waals surface area contributed by atoms with Gasteiger partial charge >= 0.3 is 0 Å². The van der Waals surface area contributed by atoms with Crippen LogP contribution >= 0.6 is 27.3 Å². The highest BCUT2D eigenvalue weighted by molar-refractivity contribution is 9.10. The van der Waals surface area contributed by atoms with Gasteiger partial charge < -0.3 is 10.6 Å². The second-order valence-electron chi connectivity index (χ2n) is 3.75. The predicted molar refractivity (Wildman–Crippen MR) is 79.4 cm³/mol. The maximum absolute atomic E-state index is 11.9. The van der Waals surface area contributed by atoms with Crippen molar-refractivity contribution in [1.82, 2.24) is 15.5 Å². The zero-order chi connectivity index (χ0) is 13.7. The van der Waals surface area contributed by atoms with Crippen molar-refractivity contribution in [2.75, 3.05) is 11.9 Å². The van der Waals surface area contributed by atoms with E-state index in [2.05, 4.69) is 36.8 Å². The number of amides is 1. The van der Waals surface area contributed by atoms with Crippen molar-refractivity contribution in [3.05, 3.63) is 38.6 Å². The number of carbonyl (C=O) groups is 1. The molecule has 0 aromatic carbocycles. The van der Waals surface area contributed by atoms with E-state index in [4.69, 9.17) is 0 Å². The van der Waals surface area contributed by atoms with E-state index in [9.17, 15) is 4.79 Å². The quantitative estimate of drug-likeness (QED) is 0.877. The highest BCUT2D eigenvalue weighted by atomic mass is 79.9. The molecule has 0 saturated heterocycles. The molecule has 2 aromatic rings. The van der Waals surface area contributed by atoms with Crippen LogP contribution in [-0.2, 0) is 6.54 Å². The third-order valence-corrected chi connectivity index (χ3v) is 4.00. The number of halogens is 1. The Morgan fingerprint density at radius 2 is 2.26 bits per heavy atom. The molecule has 0 aliphatic heterocycles. The van der Waals surface area contributed by atoms with Crippen molar-refractivity contribution in [2.24, 2.45) is 0 Å². The van der Waals surface area contributed by atoms with Gasteiger partial charge in [-0.25, -0.2) is 0 Å². The average Bonchev–Trinajstić information content (AvgIpc) is 2.83. The van der Waals surface area contributed by atoms with Crippen molar-refractivity contribution in [3.8, 4) is 0 Å². The SMILES string of the molecule is CCNc1ccc(C(=O)NCc2cc(Br)cs2)nn1. The first-order valence-electron chi connectivity index (χ1n) is 5.77. The molecule has 2 rings (SSSR count). The number of carbonyl (C=O) groups excluding carboxylic acids is 1. The minimum atomic E-state index is -0.222. The molecule has 0 aliphatic carbocycles. The fraction of sp³-hybridized carbons (Fsp3) is 0.250. The lowest BCUT2D eigenvalue weighted by molar-refractivity contribution is 0.0945. The van der Waals surface area contributed by atoms with Crippen molar-refractivity contribution < 1.29 is 4.79 Å². The Morgan fingerprint density at radius 1 is 1.42 bits per heavy atom. The maximum Gasteiger partial charge on any atom is 0.272 e. The first-order valence-corrected chi connectivity index (χ1v) is 7.45. The summed E-state index contributed by atoms with van der Waals surface area (Å²) in [5.41, 5.74) is 0.317. The van der Waals surface area contributed by atoms with E-state index in [0.717, 1.165) is 15.9 Å². The number of aromatic nitrogens is 2. The summed E-state index contributed by atoms with van der Waals surface area (Å²) < 4.78 is 1.02. The lowest BCUT2D eigenvalue weighted by Crippen LogP contribution is -2.23. The summed E-state index contributed by atoms with van der Waals surface area (Å²) in [7, 11) is 0. The molecule has 0 bridgehead atoms. The van der Waals surface area contributed by atoms with E-state index in [1.165, 1.54) is 0 Å². The van der Waals surface area contributed by atoms with Gasteiger partial charge in [0.25, 0.3) is 5.91 Å². The fourth-order valence-electron chi connectivity index (χ4n) is 1.43. The Bertz CT molecular complexity index is 555. The van der Waals surface area contributed by atoms with Gasteiger partial charge in [0.2, 0.25) is 0 Å². The maximum atomic E-state index is 11.9. The van der Waals surface area contributed by atoms with Crippen LogP contribution in [0.5, 0.6) is 0 Å². The van der Waals surface area contributed by atoms with Crippen LogP contribution in [0.4, 0.5) is 5.82 Å². The summed E-state index contributed by atoms with van der Waals surface area (Å²) in [5, 5.41) is 15.6. The van der Waals surface area contributed by atoms with Crippen LogP contribution in [0.1, 0.15) is 22.3 Å². The molecule has 0 saturated carbocycles. The monoisotopic (exact) mass is 340 g/mol. The molecule has 2 heterocycles. The van der Waals surface area contributed by atoms with Gasteiger partial charge in [0.15, 0.2) is 5.69 Å². The highest BCUT2D eigenvalue weighted by Crippen LogP contribution is 2.19. The molecule has 5 nitrogen and oxygen atoms in total. The molecule has 100 valence electrons. The van der Waals surface area contributed by atoms with E-state index in [-0.39, 0.29) is 5.91 Å². The number of rotatable bonds is 5. The first kappa shape index (κ1) is 14.0. The molecule has 0 atom stereocenters. The zero-order valence-electron chi connectivity index (χ0n) is 10.3. The normalized spacial score (nSPS) is 10.2. The molecule has 1 amide bonds. The number of nitrogens with zero attached hydrogens (tertiary/aromatic N) is 2. The Kier molecular flexibility index (Phi) is 4.86. The summed E-state index contributed by atoms with van der Waals surface area (Å²) in [6, 6.07) is 5.38. The van der Waals surface area contributed by atoms with Crippen molar-refractivity contribution >= 4 is 39.0 Å². The number of thiophene rings is 1. The second kappa shape index (κ2) is 6.63. The van der Waals surface area contributed by atoms with E-state index in [1.807, 2.05) is 18.4 Å². The van der Waals surface area contributed by atoms with Gasteiger partial charge in [-0.3, -0.25) is 4.79 Å². The Morgan fingerprint density at radius 3 is 2.84 bits per heavy atom. The number of nitrogens with one attached hydrogen (secondary N) is 2. The smallest absolute Gasteiger partial charge is 0.272 e. The second-order valence-corrected chi connectivity index (χ2v) is 5.66. The molecular weight excluding hydrogens is 328 g/mol. The Labute approximate surface area is 123 Å². The molecule has 0 unspecified atom stereocenters. The van der Waals surface area contributed by atoms with E-state index in [1.54, 1.807) is 23.5 Å². The molecule has 0 aliphatic rings. The van der Waals surface area contributed by atoms with E-state index >= 15 is 0 Å².